The first kappa shape index (κ1) is 12.9. The van der Waals surface area contributed by atoms with Crippen molar-refractivity contribution in [2.45, 2.75) is 13.0 Å². The largest absolute Gasteiger partial charge is 0.495 e. The van der Waals surface area contributed by atoms with Gasteiger partial charge in [-0.3, -0.25) is 10.1 Å². The molecule has 0 amide bonds. The highest BCUT2D eigenvalue weighted by molar-refractivity contribution is 5.62. The summed E-state index contributed by atoms with van der Waals surface area (Å²) < 4.78 is 10.2. The zero-order chi connectivity index (χ0) is 13.8. The van der Waals surface area contributed by atoms with E-state index in [9.17, 15) is 10.1 Å². The van der Waals surface area contributed by atoms with Crippen LogP contribution in [0.25, 0.3) is 0 Å². The topological polar surface area (TPSA) is 77.5 Å². The first-order valence-corrected chi connectivity index (χ1v) is 5.73. The molecule has 0 radical (unpaired) electrons. The number of furan rings is 1. The molecule has 0 saturated carbocycles. The molecule has 0 saturated heterocycles. The number of methoxy groups -OCH3 is 1. The Balaban J connectivity index is 2.27. The van der Waals surface area contributed by atoms with Gasteiger partial charge in [-0.1, -0.05) is 0 Å². The van der Waals surface area contributed by atoms with Gasteiger partial charge in [0.1, 0.15) is 5.75 Å². The highest BCUT2D eigenvalue weighted by atomic mass is 16.6. The standard InChI is InChI=1S/C13H14N2O4/c1-9(10-5-6-19-8-10)14-12-7-11(15(16)17)3-4-13(12)18-2/h3-9,14H,1-2H3. The molecule has 0 fully saturated rings. The number of nitro groups is 1. The zero-order valence-electron chi connectivity index (χ0n) is 10.6. The van der Waals surface area contributed by atoms with Crippen molar-refractivity contribution in [1.29, 1.82) is 0 Å². The van der Waals surface area contributed by atoms with Gasteiger partial charge in [0, 0.05) is 17.7 Å². The molecule has 1 N–H and O–H groups in total. The van der Waals surface area contributed by atoms with Crippen LogP contribution >= 0.6 is 0 Å². The molecule has 6 heteroatoms. The average Bonchev–Trinajstić information content (AvgIpc) is 2.92. The Bertz CT molecular complexity index is 566. The van der Waals surface area contributed by atoms with Gasteiger partial charge in [0.2, 0.25) is 0 Å². The van der Waals surface area contributed by atoms with Crippen LogP contribution in [0.4, 0.5) is 11.4 Å². The molecular formula is C13H14N2O4. The molecule has 100 valence electrons. The summed E-state index contributed by atoms with van der Waals surface area (Å²) in [6.07, 6.45) is 3.21. The van der Waals surface area contributed by atoms with Crippen molar-refractivity contribution in [3.8, 4) is 5.75 Å². The second-order valence-corrected chi connectivity index (χ2v) is 4.06. The van der Waals surface area contributed by atoms with Crippen LogP contribution in [0.5, 0.6) is 5.75 Å². The van der Waals surface area contributed by atoms with Gasteiger partial charge in [0.05, 0.1) is 36.3 Å². The Morgan fingerprint density at radius 2 is 2.21 bits per heavy atom. The molecule has 1 unspecified atom stereocenters. The Hall–Kier alpha value is -2.50. The molecule has 2 aromatic rings. The van der Waals surface area contributed by atoms with E-state index in [1.54, 1.807) is 18.6 Å². The summed E-state index contributed by atoms with van der Waals surface area (Å²) in [6, 6.07) is 6.22. The monoisotopic (exact) mass is 262 g/mol. The molecular weight excluding hydrogens is 248 g/mol. The number of non-ortho nitro benzene ring substituents is 1. The second-order valence-electron chi connectivity index (χ2n) is 4.06. The summed E-state index contributed by atoms with van der Waals surface area (Å²) in [5.41, 5.74) is 1.54. The van der Waals surface area contributed by atoms with Crippen LogP contribution in [0.2, 0.25) is 0 Å². The number of hydrogen-bond donors (Lipinski definition) is 1. The second kappa shape index (κ2) is 5.43. The van der Waals surface area contributed by atoms with Crippen molar-refractivity contribution in [1.82, 2.24) is 0 Å². The lowest BCUT2D eigenvalue weighted by Gasteiger charge is -2.16. The van der Waals surface area contributed by atoms with Crippen molar-refractivity contribution >= 4 is 11.4 Å². The summed E-state index contributed by atoms with van der Waals surface area (Å²) >= 11 is 0. The number of rotatable bonds is 5. The van der Waals surface area contributed by atoms with Crippen LogP contribution in [-0.2, 0) is 0 Å². The number of nitrogens with zero attached hydrogens (tertiary/aromatic N) is 1. The normalized spacial score (nSPS) is 11.9. The fraction of sp³-hybridized carbons (Fsp3) is 0.231. The van der Waals surface area contributed by atoms with E-state index in [0.29, 0.717) is 11.4 Å². The Morgan fingerprint density at radius 3 is 2.79 bits per heavy atom. The molecule has 2 rings (SSSR count). The fourth-order valence-electron chi connectivity index (χ4n) is 1.76. The molecule has 0 spiro atoms. The maximum Gasteiger partial charge on any atom is 0.271 e. The first-order valence-electron chi connectivity index (χ1n) is 5.73. The maximum atomic E-state index is 10.8. The smallest absolute Gasteiger partial charge is 0.271 e. The van der Waals surface area contributed by atoms with E-state index in [1.165, 1.54) is 19.2 Å². The SMILES string of the molecule is COc1ccc([N+](=O)[O-])cc1NC(C)c1ccoc1. The predicted octanol–water partition coefficient (Wildman–Crippen LogP) is 3.37. The van der Waals surface area contributed by atoms with Gasteiger partial charge in [0.15, 0.2) is 0 Å². The zero-order valence-corrected chi connectivity index (χ0v) is 10.6. The van der Waals surface area contributed by atoms with Crippen molar-refractivity contribution < 1.29 is 14.1 Å². The molecule has 0 aliphatic heterocycles. The van der Waals surface area contributed by atoms with Crippen molar-refractivity contribution in [3.63, 3.8) is 0 Å². The summed E-state index contributed by atoms with van der Waals surface area (Å²) in [4.78, 5) is 10.4. The third-order valence-electron chi connectivity index (χ3n) is 2.81. The Labute approximate surface area is 110 Å². The average molecular weight is 262 g/mol. The minimum Gasteiger partial charge on any atom is -0.495 e. The summed E-state index contributed by atoms with van der Waals surface area (Å²) in [7, 11) is 1.52. The van der Waals surface area contributed by atoms with Gasteiger partial charge in [-0.05, 0) is 19.1 Å². The van der Waals surface area contributed by atoms with Crippen LogP contribution in [0, 0.1) is 10.1 Å². The summed E-state index contributed by atoms with van der Waals surface area (Å²) in [5, 5.41) is 14.0. The van der Waals surface area contributed by atoms with Gasteiger partial charge in [-0.25, -0.2) is 0 Å². The summed E-state index contributed by atoms with van der Waals surface area (Å²) in [5.74, 6) is 0.556. The number of hydrogen-bond acceptors (Lipinski definition) is 5. The minimum atomic E-state index is -0.437. The Morgan fingerprint density at radius 1 is 1.42 bits per heavy atom. The van der Waals surface area contributed by atoms with Crippen LogP contribution < -0.4 is 10.1 Å². The quantitative estimate of drug-likeness (QED) is 0.660. The number of benzene rings is 1. The number of ether oxygens (including phenoxy) is 1. The predicted molar refractivity (Wildman–Crippen MR) is 70.4 cm³/mol. The Kier molecular flexibility index (Phi) is 3.70. The van der Waals surface area contributed by atoms with Crippen molar-refractivity contribution in [2.24, 2.45) is 0 Å². The van der Waals surface area contributed by atoms with Crippen molar-refractivity contribution in [3.05, 3.63) is 52.5 Å². The first-order chi connectivity index (χ1) is 9.11. The fourth-order valence-corrected chi connectivity index (χ4v) is 1.76. The lowest BCUT2D eigenvalue weighted by Crippen LogP contribution is -2.07. The van der Waals surface area contributed by atoms with Crippen molar-refractivity contribution in [2.75, 3.05) is 12.4 Å². The van der Waals surface area contributed by atoms with Gasteiger partial charge < -0.3 is 14.5 Å². The molecule has 0 aliphatic carbocycles. The molecule has 1 aromatic carbocycles. The third kappa shape index (κ3) is 2.85. The number of nitro benzene ring substituents is 1. The van der Waals surface area contributed by atoms with Gasteiger partial charge in [-0.2, -0.15) is 0 Å². The lowest BCUT2D eigenvalue weighted by molar-refractivity contribution is -0.384. The van der Waals surface area contributed by atoms with E-state index in [2.05, 4.69) is 5.32 Å². The van der Waals surface area contributed by atoms with Crippen LogP contribution in [-0.4, -0.2) is 12.0 Å². The van der Waals surface area contributed by atoms with E-state index >= 15 is 0 Å². The minimum absolute atomic E-state index is 0.0164. The molecule has 1 atom stereocenters. The van der Waals surface area contributed by atoms with Gasteiger partial charge in [-0.15, -0.1) is 0 Å². The van der Waals surface area contributed by atoms with E-state index in [-0.39, 0.29) is 11.7 Å². The number of nitrogens with one attached hydrogen (secondary N) is 1. The molecule has 0 aliphatic rings. The van der Waals surface area contributed by atoms with E-state index < -0.39 is 4.92 Å². The van der Waals surface area contributed by atoms with Gasteiger partial charge >= 0.3 is 0 Å². The van der Waals surface area contributed by atoms with Crippen LogP contribution in [0.1, 0.15) is 18.5 Å². The summed E-state index contributed by atoms with van der Waals surface area (Å²) in [6.45, 7) is 1.93. The van der Waals surface area contributed by atoms with E-state index in [4.69, 9.17) is 9.15 Å². The van der Waals surface area contributed by atoms with E-state index in [1.807, 2.05) is 13.0 Å². The lowest BCUT2D eigenvalue weighted by atomic mass is 10.1. The van der Waals surface area contributed by atoms with E-state index in [0.717, 1.165) is 5.56 Å². The van der Waals surface area contributed by atoms with Crippen LogP contribution in [0.3, 0.4) is 0 Å². The highest BCUT2D eigenvalue weighted by Gasteiger charge is 2.14. The van der Waals surface area contributed by atoms with Crippen LogP contribution in [0.15, 0.2) is 41.2 Å². The highest BCUT2D eigenvalue weighted by Crippen LogP contribution is 2.31. The molecule has 1 aromatic heterocycles. The third-order valence-corrected chi connectivity index (χ3v) is 2.81. The molecule has 0 bridgehead atoms. The molecule has 6 nitrogen and oxygen atoms in total. The molecule has 19 heavy (non-hydrogen) atoms. The van der Waals surface area contributed by atoms with Gasteiger partial charge in [0.25, 0.3) is 5.69 Å². The molecule has 1 heterocycles. The number of anilines is 1. The maximum absolute atomic E-state index is 10.8.